The molecule has 0 bridgehead atoms. The average molecular weight is 253 g/mol. The summed E-state index contributed by atoms with van der Waals surface area (Å²) < 4.78 is 5.35. The first-order chi connectivity index (χ1) is 9.29. The zero-order valence-corrected chi connectivity index (χ0v) is 10.7. The summed E-state index contributed by atoms with van der Waals surface area (Å²) in [6, 6.07) is 15.7. The number of fused-ring (bicyclic) bond motifs is 1. The van der Waals surface area contributed by atoms with Gasteiger partial charge in [0.15, 0.2) is 0 Å². The maximum atomic E-state index is 12.1. The largest absolute Gasteiger partial charge is 0.496 e. The van der Waals surface area contributed by atoms with Crippen LogP contribution in [0.15, 0.2) is 48.5 Å². The predicted octanol–water partition coefficient (Wildman–Crippen LogP) is 2.97. The molecule has 96 valence electrons. The van der Waals surface area contributed by atoms with E-state index in [-0.39, 0.29) is 11.8 Å². The van der Waals surface area contributed by atoms with Crippen LogP contribution in [0.3, 0.4) is 0 Å². The lowest BCUT2D eigenvalue weighted by Crippen LogP contribution is -2.14. The second-order valence-electron chi connectivity index (χ2n) is 4.65. The van der Waals surface area contributed by atoms with E-state index in [9.17, 15) is 4.79 Å². The Balaban J connectivity index is 1.93. The molecule has 1 amide bonds. The molecule has 1 unspecified atom stereocenters. The molecule has 0 aromatic heterocycles. The summed E-state index contributed by atoms with van der Waals surface area (Å²) in [4.78, 5) is 12.1. The van der Waals surface area contributed by atoms with Crippen molar-refractivity contribution in [1.82, 2.24) is 0 Å². The van der Waals surface area contributed by atoms with E-state index in [1.54, 1.807) is 7.11 Å². The Kier molecular flexibility index (Phi) is 2.95. The fraction of sp³-hybridized carbons (Fsp3) is 0.188. The van der Waals surface area contributed by atoms with Gasteiger partial charge in [-0.3, -0.25) is 4.79 Å². The third kappa shape index (κ3) is 2.08. The number of hydrogen-bond acceptors (Lipinski definition) is 2. The molecular formula is C16H15NO2. The molecule has 0 spiro atoms. The summed E-state index contributed by atoms with van der Waals surface area (Å²) in [6.45, 7) is 0. The van der Waals surface area contributed by atoms with Crippen molar-refractivity contribution in [2.24, 2.45) is 0 Å². The molecule has 1 aliphatic rings. The van der Waals surface area contributed by atoms with Gasteiger partial charge in [-0.2, -0.15) is 0 Å². The Morgan fingerprint density at radius 3 is 2.68 bits per heavy atom. The van der Waals surface area contributed by atoms with Gasteiger partial charge in [0.1, 0.15) is 5.75 Å². The van der Waals surface area contributed by atoms with Crippen molar-refractivity contribution in [3.05, 3.63) is 59.7 Å². The highest BCUT2D eigenvalue weighted by Crippen LogP contribution is 2.35. The highest BCUT2D eigenvalue weighted by Gasteiger charge is 2.30. The lowest BCUT2D eigenvalue weighted by molar-refractivity contribution is -0.117. The normalized spacial score (nSPS) is 16.9. The number of rotatable bonds is 3. The van der Waals surface area contributed by atoms with Gasteiger partial charge >= 0.3 is 0 Å². The van der Waals surface area contributed by atoms with Crippen molar-refractivity contribution in [3.63, 3.8) is 0 Å². The van der Waals surface area contributed by atoms with Crippen LogP contribution in [0.4, 0.5) is 5.69 Å². The minimum absolute atomic E-state index is 0.0621. The minimum atomic E-state index is -0.132. The number of amides is 1. The van der Waals surface area contributed by atoms with Gasteiger partial charge in [0, 0.05) is 5.69 Å². The molecule has 1 N–H and O–H groups in total. The van der Waals surface area contributed by atoms with E-state index < -0.39 is 0 Å². The van der Waals surface area contributed by atoms with Crippen LogP contribution in [0.1, 0.15) is 17.0 Å². The third-order valence-electron chi connectivity index (χ3n) is 3.53. The van der Waals surface area contributed by atoms with Crippen LogP contribution in [0.25, 0.3) is 0 Å². The quantitative estimate of drug-likeness (QED) is 0.913. The molecule has 2 aromatic rings. The number of para-hydroxylation sites is 2. The third-order valence-corrected chi connectivity index (χ3v) is 3.53. The first kappa shape index (κ1) is 11.8. The fourth-order valence-corrected chi connectivity index (χ4v) is 2.57. The number of nitrogens with one attached hydrogen (secondary N) is 1. The Labute approximate surface area is 112 Å². The first-order valence-corrected chi connectivity index (χ1v) is 6.31. The Bertz CT molecular complexity index is 622. The number of benzene rings is 2. The summed E-state index contributed by atoms with van der Waals surface area (Å²) in [6.07, 6.45) is 0.660. The first-order valence-electron chi connectivity index (χ1n) is 6.31. The summed E-state index contributed by atoms with van der Waals surface area (Å²) >= 11 is 0. The van der Waals surface area contributed by atoms with E-state index in [1.165, 1.54) is 0 Å². The zero-order valence-electron chi connectivity index (χ0n) is 10.7. The predicted molar refractivity (Wildman–Crippen MR) is 74.5 cm³/mol. The average Bonchev–Trinajstić information content (AvgIpc) is 2.76. The Morgan fingerprint density at radius 2 is 1.84 bits per heavy atom. The van der Waals surface area contributed by atoms with Gasteiger partial charge in [-0.05, 0) is 29.7 Å². The smallest absolute Gasteiger partial charge is 0.232 e. The molecule has 0 radical (unpaired) electrons. The molecule has 0 saturated carbocycles. The minimum Gasteiger partial charge on any atom is -0.496 e. The van der Waals surface area contributed by atoms with E-state index >= 15 is 0 Å². The Morgan fingerprint density at radius 1 is 1.11 bits per heavy atom. The summed E-state index contributed by atoms with van der Waals surface area (Å²) in [5, 5.41) is 2.93. The summed E-state index contributed by atoms with van der Waals surface area (Å²) in [7, 11) is 1.65. The highest BCUT2D eigenvalue weighted by atomic mass is 16.5. The molecule has 19 heavy (non-hydrogen) atoms. The van der Waals surface area contributed by atoms with E-state index in [4.69, 9.17) is 4.74 Å². The Hall–Kier alpha value is -2.29. The molecule has 1 heterocycles. The van der Waals surface area contributed by atoms with Crippen LogP contribution >= 0.6 is 0 Å². The van der Waals surface area contributed by atoms with Crippen LogP contribution in [-0.2, 0) is 11.2 Å². The summed E-state index contributed by atoms with van der Waals surface area (Å²) in [5.74, 6) is 0.763. The molecule has 1 atom stereocenters. The van der Waals surface area contributed by atoms with Crippen molar-refractivity contribution in [1.29, 1.82) is 0 Å². The molecule has 0 aliphatic carbocycles. The molecule has 3 rings (SSSR count). The number of methoxy groups -OCH3 is 1. The molecule has 0 saturated heterocycles. The van der Waals surface area contributed by atoms with Crippen molar-refractivity contribution < 1.29 is 9.53 Å². The molecule has 3 heteroatoms. The molecule has 1 aliphatic heterocycles. The number of carbonyl (C=O) groups is 1. The van der Waals surface area contributed by atoms with Crippen LogP contribution in [0.5, 0.6) is 5.75 Å². The second-order valence-corrected chi connectivity index (χ2v) is 4.65. The van der Waals surface area contributed by atoms with E-state index in [0.717, 1.165) is 22.6 Å². The van der Waals surface area contributed by atoms with Gasteiger partial charge in [-0.25, -0.2) is 0 Å². The number of carbonyl (C=O) groups excluding carboxylic acids is 1. The van der Waals surface area contributed by atoms with E-state index in [0.29, 0.717) is 6.42 Å². The number of anilines is 1. The van der Waals surface area contributed by atoms with Crippen LogP contribution < -0.4 is 10.1 Å². The lowest BCUT2D eigenvalue weighted by Gasteiger charge is -2.12. The zero-order chi connectivity index (χ0) is 13.2. The van der Waals surface area contributed by atoms with Gasteiger partial charge in [-0.15, -0.1) is 0 Å². The summed E-state index contributed by atoms with van der Waals surface area (Å²) in [5.41, 5.74) is 3.05. The van der Waals surface area contributed by atoms with Gasteiger partial charge < -0.3 is 10.1 Å². The standard InChI is InChI=1S/C16H15NO2/c1-19-15-9-5-2-6-11(15)10-13-12-7-3-4-8-14(12)17-16(13)18/h2-9,13H,10H2,1H3,(H,17,18). The molecular weight excluding hydrogens is 238 g/mol. The monoisotopic (exact) mass is 253 g/mol. The van der Waals surface area contributed by atoms with Crippen LogP contribution in [0, 0.1) is 0 Å². The van der Waals surface area contributed by atoms with Crippen molar-refractivity contribution >= 4 is 11.6 Å². The van der Waals surface area contributed by atoms with Crippen molar-refractivity contribution in [2.45, 2.75) is 12.3 Å². The maximum absolute atomic E-state index is 12.1. The second kappa shape index (κ2) is 4.76. The highest BCUT2D eigenvalue weighted by molar-refractivity contribution is 6.03. The number of ether oxygens (including phenoxy) is 1. The van der Waals surface area contributed by atoms with Crippen molar-refractivity contribution in [3.8, 4) is 5.75 Å². The SMILES string of the molecule is COc1ccccc1CC1C(=O)Nc2ccccc21. The maximum Gasteiger partial charge on any atom is 0.232 e. The number of hydrogen-bond donors (Lipinski definition) is 1. The van der Waals surface area contributed by atoms with Crippen LogP contribution in [-0.4, -0.2) is 13.0 Å². The lowest BCUT2D eigenvalue weighted by atomic mass is 9.93. The molecule has 0 fully saturated rings. The topological polar surface area (TPSA) is 38.3 Å². The molecule has 2 aromatic carbocycles. The van der Waals surface area contributed by atoms with Crippen molar-refractivity contribution in [2.75, 3.05) is 12.4 Å². The van der Waals surface area contributed by atoms with Crippen LogP contribution in [0.2, 0.25) is 0 Å². The van der Waals surface area contributed by atoms with Gasteiger partial charge in [0.2, 0.25) is 5.91 Å². The van der Waals surface area contributed by atoms with Gasteiger partial charge in [0.05, 0.1) is 13.0 Å². The van der Waals surface area contributed by atoms with Gasteiger partial charge in [0.25, 0.3) is 0 Å². The van der Waals surface area contributed by atoms with Gasteiger partial charge in [-0.1, -0.05) is 36.4 Å². The van der Waals surface area contributed by atoms with E-state index in [2.05, 4.69) is 5.32 Å². The van der Waals surface area contributed by atoms with E-state index in [1.807, 2.05) is 48.5 Å². The molecule has 3 nitrogen and oxygen atoms in total. The fourth-order valence-electron chi connectivity index (χ4n) is 2.57.